The standard InChI is InChI=1S/C17H26O3/c1-3-5-11-17(16(19)20,12-6-4-2)13-14-7-9-15(18)10-8-14/h7-10,18H,3-6,11-13H2,1-2H3,(H,19,20). The van der Waals surface area contributed by atoms with E-state index in [0.717, 1.165) is 44.1 Å². The molecule has 0 saturated heterocycles. The highest BCUT2D eigenvalue weighted by Crippen LogP contribution is 2.35. The van der Waals surface area contributed by atoms with Crippen molar-refractivity contribution in [3.05, 3.63) is 29.8 Å². The van der Waals surface area contributed by atoms with Crippen molar-refractivity contribution in [1.29, 1.82) is 0 Å². The van der Waals surface area contributed by atoms with Crippen molar-refractivity contribution in [2.75, 3.05) is 0 Å². The number of carboxylic acid groups (broad SMARTS) is 1. The molecule has 0 fully saturated rings. The molecule has 0 heterocycles. The van der Waals surface area contributed by atoms with E-state index in [2.05, 4.69) is 13.8 Å². The minimum absolute atomic E-state index is 0.219. The van der Waals surface area contributed by atoms with Crippen LogP contribution in [-0.4, -0.2) is 16.2 Å². The maximum Gasteiger partial charge on any atom is 0.309 e. The van der Waals surface area contributed by atoms with Gasteiger partial charge in [-0.25, -0.2) is 0 Å². The molecule has 2 N–H and O–H groups in total. The van der Waals surface area contributed by atoms with E-state index in [1.165, 1.54) is 0 Å². The molecule has 0 aliphatic carbocycles. The first kappa shape index (κ1) is 16.5. The van der Waals surface area contributed by atoms with Gasteiger partial charge in [-0.05, 0) is 37.0 Å². The van der Waals surface area contributed by atoms with Crippen molar-refractivity contribution >= 4 is 5.97 Å². The Morgan fingerprint density at radius 2 is 1.55 bits per heavy atom. The number of rotatable bonds is 9. The van der Waals surface area contributed by atoms with Gasteiger partial charge in [0.15, 0.2) is 0 Å². The van der Waals surface area contributed by atoms with E-state index >= 15 is 0 Å². The van der Waals surface area contributed by atoms with E-state index in [1.54, 1.807) is 12.1 Å². The topological polar surface area (TPSA) is 57.5 Å². The number of benzene rings is 1. The molecule has 0 radical (unpaired) electrons. The average Bonchev–Trinajstić information content (AvgIpc) is 2.44. The number of unbranched alkanes of at least 4 members (excludes halogenated alkanes) is 2. The molecule has 0 aliphatic rings. The number of aromatic hydroxyl groups is 1. The van der Waals surface area contributed by atoms with Crippen LogP contribution in [0.1, 0.15) is 57.9 Å². The highest BCUT2D eigenvalue weighted by molar-refractivity contribution is 5.75. The van der Waals surface area contributed by atoms with Gasteiger partial charge in [0.05, 0.1) is 5.41 Å². The van der Waals surface area contributed by atoms with Crippen molar-refractivity contribution in [3.8, 4) is 5.75 Å². The lowest BCUT2D eigenvalue weighted by Gasteiger charge is -2.29. The SMILES string of the molecule is CCCCC(CCCC)(Cc1ccc(O)cc1)C(=O)O. The molecule has 0 saturated carbocycles. The van der Waals surface area contributed by atoms with Crippen molar-refractivity contribution in [1.82, 2.24) is 0 Å². The summed E-state index contributed by atoms with van der Waals surface area (Å²) < 4.78 is 0. The zero-order chi connectivity index (χ0) is 15.0. The predicted molar refractivity (Wildman–Crippen MR) is 80.9 cm³/mol. The first-order chi connectivity index (χ1) is 9.54. The summed E-state index contributed by atoms with van der Waals surface area (Å²) in [7, 11) is 0. The number of carbonyl (C=O) groups is 1. The second-order valence-electron chi connectivity index (χ2n) is 5.64. The summed E-state index contributed by atoms with van der Waals surface area (Å²) in [6.45, 7) is 4.18. The summed E-state index contributed by atoms with van der Waals surface area (Å²) in [5.74, 6) is -0.468. The molecule has 3 heteroatoms. The van der Waals surface area contributed by atoms with E-state index in [4.69, 9.17) is 0 Å². The molecule has 1 rings (SSSR count). The molecule has 20 heavy (non-hydrogen) atoms. The zero-order valence-electron chi connectivity index (χ0n) is 12.6. The van der Waals surface area contributed by atoms with Gasteiger partial charge in [0, 0.05) is 0 Å². The van der Waals surface area contributed by atoms with Crippen molar-refractivity contribution in [2.45, 2.75) is 58.8 Å². The van der Waals surface area contributed by atoms with Gasteiger partial charge in [0.2, 0.25) is 0 Å². The molecular formula is C17H26O3. The highest BCUT2D eigenvalue weighted by atomic mass is 16.4. The van der Waals surface area contributed by atoms with E-state index in [0.29, 0.717) is 6.42 Å². The van der Waals surface area contributed by atoms with E-state index in [9.17, 15) is 15.0 Å². The third-order valence-corrected chi connectivity index (χ3v) is 3.95. The highest BCUT2D eigenvalue weighted by Gasteiger charge is 2.37. The maximum absolute atomic E-state index is 11.9. The van der Waals surface area contributed by atoms with Crippen LogP contribution in [0.25, 0.3) is 0 Å². The van der Waals surface area contributed by atoms with Gasteiger partial charge in [0.25, 0.3) is 0 Å². The Bertz CT molecular complexity index is 401. The molecule has 0 bridgehead atoms. The summed E-state index contributed by atoms with van der Waals surface area (Å²) >= 11 is 0. The molecule has 3 nitrogen and oxygen atoms in total. The fourth-order valence-electron chi connectivity index (χ4n) is 2.63. The molecule has 1 aromatic carbocycles. The molecule has 0 aliphatic heterocycles. The van der Waals surface area contributed by atoms with Crippen molar-refractivity contribution in [2.24, 2.45) is 5.41 Å². The van der Waals surface area contributed by atoms with Gasteiger partial charge >= 0.3 is 5.97 Å². The van der Waals surface area contributed by atoms with Gasteiger partial charge in [0.1, 0.15) is 5.75 Å². The van der Waals surface area contributed by atoms with Crippen LogP contribution in [0.3, 0.4) is 0 Å². The second kappa shape index (κ2) is 7.93. The first-order valence-corrected chi connectivity index (χ1v) is 7.55. The van der Waals surface area contributed by atoms with Crippen molar-refractivity contribution in [3.63, 3.8) is 0 Å². The van der Waals surface area contributed by atoms with Crippen LogP contribution in [-0.2, 0) is 11.2 Å². The largest absolute Gasteiger partial charge is 0.508 e. The molecule has 0 amide bonds. The molecule has 0 unspecified atom stereocenters. The van der Waals surface area contributed by atoms with Crippen molar-refractivity contribution < 1.29 is 15.0 Å². The van der Waals surface area contributed by atoms with Crippen LogP contribution in [0.4, 0.5) is 0 Å². The van der Waals surface area contributed by atoms with E-state index in [-0.39, 0.29) is 5.75 Å². The summed E-state index contributed by atoms with van der Waals surface area (Å²) in [6, 6.07) is 6.90. The Morgan fingerprint density at radius 1 is 1.05 bits per heavy atom. The molecule has 0 spiro atoms. The van der Waals surface area contributed by atoms with Crippen LogP contribution in [0.2, 0.25) is 0 Å². The van der Waals surface area contributed by atoms with Crippen LogP contribution in [0.5, 0.6) is 5.75 Å². The third-order valence-electron chi connectivity index (χ3n) is 3.95. The molecule has 0 aromatic heterocycles. The van der Waals surface area contributed by atoms with Crippen LogP contribution in [0, 0.1) is 5.41 Å². The number of phenols is 1. The predicted octanol–water partition coefficient (Wildman–Crippen LogP) is 4.39. The maximum atomic E-state index is 11.9. The Balaban J connectivity index is 2.93. The fraction of sp³-hybridized carbons (Fsp3) is 0.588. The number of hydrogen-bond acceptors (Lipinski definition) is 2. The lowest BCUT2D eigenvalue weighted by Crippen LogP contribution is -2.33. The Kier molecular flexibility index (Phi) is 6.56. The Labute approximate surface area is 121 Å². The third kappa shape index (κ3) is 4.55. The van der Waals surface area contributed by atoms with E-state index < -0.39 is 11.4 Å². The first-order valence-electron chi connectivity index (χ1n) is 7.55. The number of phenolic OH excluding ortho intramolecular Hbond substituents is 1. The van der Waals surface area contributed by atoms with Gasteiger partial charge < -0.3 is 10.2 Å². The van der Waals surface area contributed by atoms with Crippen LogP contribution < -0.4 is 0 Å². The lowest BCUT2D eigenvalue weighted by atomic mass is 9.74. The summed E-state index contributed by atoms with van der Waals surface area (Å²) in [4.78, 5) is 11.9. The van der Waals surface area contributed by atoms with Crippen LogP contribution in [0.15, 0.2) is 24.3 Å². The number of carboxylic acids is 1. The van der Waals surface area contributed by atoms with Gasteiger partial charge in [-0.1, -0.05) is 51.7 Å². The minimum atomic E-state index is -0.688. The zero-order valence-corrected chi connectivity index (χ0v) is 12.6. The number of aliphatic carboxylic acids is 1. The normalized spacial score (nSPS) is 11.5. The summed E-state index contributed by atoms with van der Waals surface area (Å²) in [5.41, 5.74) is 0.320. The molecule has 112 valence electrons. The number of hydrogen-bond donors (Lipinski definition) is 2. The average molecular weight is 278 g/mol. The van der Waals surface area contributed by atoms with Gasteiger partial charge in [-0.2, -0.15) is 0 Å². The Morgan fingerprint density at radius 3 is 1.95 bits per heavy atom. The minimum Gasteiger partial charge on any atom is -0.508 e. The summed E-state index contributed by atoms with van der Waals surface area (Å²) in [5, 5.41) is 19.1. The summed E-state index contributed by atoms with van der Waals surface area (Å²) in [6.07, 6.45) is 5.89. The molecule has 0 atom stereocenters. The van der Waals surface area contributed by atoms with Crippen LogP contribution >= 0.6 is 0 Å². The monoisotopic (exact) mass is 278 g/mol. The van der Waals surface area contributed by atoms with Gasteiger partial charge in [-0.3, -0.25) is 4.79 Å². The Hall–Kier alpha value is -1.51. The quantitative estimate of drug-likeness (QED) is 0.704. The van der Waals surface area contributed by atoms with E-state index in [1.807, 2.05) is 12.1 Å². The second-order valence-corrected chi connectivity index (χ2v) is 5.64. The molecule has 1 aromatic rings. The fourth-order valence-corrected chi connectivity index (χ4v) is 2.63. The molecular weight excluding hydrogens is 252 g/mol. The smallest absolute Gasteiger partial charge is 0.309 e. The lowest BCUT2D eigenvalue weighted by molar-refractivity contribution is -0.150. The van der Waals surface area contributed by atoms with Gasteiger partial charge in [-0.15, -0.1) is 0 Å².